The zero-order chi connectivity index (χ0) is 12.0. The summed E-state index contributed by atoms with van der Waals surface area (Å²) in [5.74, 6) is 1.48. The third kappa shape index (κ3) is 4.75. The van der Waals surface area contributed by atoms with Crippen LogP contribution in [0.3, 0.4) is 0 Å². The van der Waals surface area contributed by atoms with Gasteiger partial charge in [0, 0.05) is 5.33 Å². The molecule has 0 aliphatic rings. The quantitative estimate of drug-likeness (QED) is 0.683. The molecule has 0 aromatic heterocycles. The summed E-state index contributed by atoms with van der Waals surface area (Å²) in [6, 6.07) is 5.86. The molecule has 1 aromatic rings. The van der Waals surface area contributed by atoms with Crippen molar-refractivity contribution in [2.24, 2.45) is 5.92 Å². The lowest BCUT2D eigenvalue weighted by Gasteiger charge is -2.12. The predicted molar refractivity (Wildman–Crippen MR) is 73.9 cm³/mol. The average Bonchev–Trinajstić information content (AvgIpc) is 2.23. The predicted octanol–water partition coefficient (Wildman–Crippen LogP) is 4.84. The van der Waals surface area contributed by atoms with Gasteiger partial charge in [0.25, 0.3) is 0 Å². The molecule has 0 aliphatic heterocycles. The lowest BCUT2D eigenvalue weighted by molar-refractivity contribution is 0.282. The van der Waals surface area contributed by atoms with Gasteiger partial charge in [-0.15, -0.1) is 0 Å². The summed E-state index contributed by atoms with van der Waals surface area (Å²) >= 11 is 9.49. The molecule has 90 valence electrons. The molecule has 0 spiro atoms. The molecule has 1 unspecified atom stereocenters. The van der Waals surface area contributed by atoms with Gasteiger partial charge in [0.1, 0.15) is 5.75 Å². The van der Waals surface area contributed by atoms with E-state index >= 15 is 0 Å². The van der Waals surface area contributed by atoms with Crippen LogP contribution < -0.4 is 4.74 Å². The molecule has 1 nitrogen and oxygen atoms in total. The van der Waals surface area contributed by atoms with Gasteiger partial charge in [0.05, 0.1) is 11.6 Å². The first kappa shape index (κ1) is 13.9. The van der Waals surface area contributed by atoms with Crippen LogP contribution in [-0.4, -0.2) is 11.9 Å². The Labute approximate surface area is 111 Å². The van der Waals surface area contributed by atoms with Gasteiger partial charge in [-0.2, -0.15) is 0 Å². The highest BCUT2D eigenvalue weighted by molar-refractivity contribution is 9.09. The number of halogens is 2. The summed E-state index contributed by atoms with van der Waals surface area (Å²) in [4.78, 5) is 0. The maximum Gasteiger partial charge on any atom is 0.138 e. The Bertz CT molecular complexity index is 328. The second-order valence-electron chi connectivity index (χ2n) is 4.15. The highest BCUT2D eigenvalue weighted by Gasteiger charge is 2.04. The summed E-state index contributed by atoms with van der Waals surface area (Å²) in [7, 11) is 0. The molecule has 0 heterocycles. The molecule has 1 rings (SSSR count). The highest BCUT2D eigenvalue weighted by atomic mass is 79.9. The maximum atomic E-state index is 6.04. The molecule has 0 N–H and O–H groups in total. The van der Waals surface area contributed by atoms with E-state index in [1.165, 1.54) is 12.0 Å². The van der Waals surface area contributed by atoms with Gasteiger partial charge in [-0.25, -0.2) is 0 Å². The number of benzene rings is 1. The largest absolute Gasteiger partial charge is 0.492 e. The number of aryl methyl sites for hydroxylation is 1. The average molecular weight is 306 g/mol. The Hall–Kier alpha value is -0.210. The number of alkyl halides is 1. The van der Waals surface area contributed by atoms with E-state index in [2.05, 4.69) is 22.9 Å². The third-order valence-corrected chi connectivity index (χ3v) is 3.33. The van der Waals surface area contributed by atoms with Gasteiger partial charge in [-0.1, -0.05) is 40.5 Å². The third-order valence-electron chi connectivity index (χ3n) is 2.56. The van der Waals surface area contributed by atoms with E-state index in [9.17, 15) is 0 Å². The van der Waals surface area contributed by atoms with Crippen molar-refractivity contribution in [2.75, 3.05) is 11.9 Å². The summed E-state index contributed by atoms with van der Waals surface area (Å²) < 4.78 is 5.69. The first-order valence-corrected chi connectivity index (χ1v) is 7.08. The van der Waals surface area contributed by atoms with Gasteiger partial charge in [0.15, 0.2) is 0 Å². The molecule has 1 atom stereocenters. The maximum absolute atomic E-state index is 6.04. The monoisotopic (exact) mass is 304 g/mol. The van der Waals surface area contributed by atoms with Crippen molar-refractivity contribution < 1.29 is 4.74 Å². The minimum absolute atomic E-state index is 0.683. The number of ether oxygens (including phenoxy) is 1. The van der Waals surface area contributed by atoms with Crippen LogP contribution in [0.25, 0.3) is 0 Å². The Morgan fingerprint density at radius 1 is 1.38 bits per heavy atom. The summed E-state index contributed by atoms with van der Waals surface area (Å²) in [5.41, 5.74) is 1.17. The molecule has 0 radical (unpaired) electrons. The van der Waals surface area contributed by atoms with Gasteiger partial charge in [0.2, 0.25) is 0 Å². The van der Waals surface area contributed by atoms with Gasteiger partial charge >= 0.3 is 0 Å². The number of hydrogen-bond acceptors (Lipinski definition) is 1. The molecule has 0 aliphatic carbocycles. The van der Waals surface area contributed by atoms with Crippen molar-refractivity contribution in [3.63, 3.8) is 0 Å². The van der Waals surface area contributed by atoms with Gasteiger partial charge in [-0.05, 0) is 43.4 Å². The van der Waals surface area contributed by atoms with Crippen LogP contribution in [0.15, 0.2) is 18.2 Å². The van der Waals surface area contributed by atoms with Crippen LogP contribution in [0.2, 0.25) is 5.02 Å². The van der Waals surface area contributed by atoms with Crippen LogP contribution in [0.4, 0.5) is 0 Å². The standard InChI is InChI=1S/C13H18BrClO/c1-10(5-7-14)6-8-16-13-9-11(2)3-4-12(13)15/h3-4,9-10H,5-8H2,1-2H3. The minimum atomic E-state index is 0.683. The van der Waals surface area contributed by atoms with Crippen LogP contribution in [0.1, 0.15) is 25.3 Å². The second kappa shape index (κ2) is 7.18. The minimum Gasteiger partial charge on any atom is -0.492 e. The molecule has 0 bridgehead atoms. The SMILES string of the molecule is Cc1ccc(Cl)c(OCCC(C)CCBr)c1. The summed E-state index contributed by atoms with van der Waals surface area (Å²) in [6.45, 7) is 5.01. The van der Waals surface area contributed by atoms with E-state index in [1.807, 2.05) is 25.1 Å². The van der Waals surface area contributed by atoms with E-state index < -0.39 is 0 Å². The van der Waals surface area contributed by atoms with Gasteiger partial charge < -0.3 is 4.74 Å². The first-order valence-electron chi connectivity index (χ1n) is 5.58. The Balaban J connectivity index is 2.39. The topological polar surface area (TPSA) is 9.23 Å². The van der Waals surface area contributed by atoms with Crippen molar-refractivity contribution in [3.8, 4) is 5.75 Å². The number of rotatable bonds is 6. The first-order chi connectivity index (χ1) is 7.63. The van der Waals surface area contributed by atoms with E-state index in [0.29, 0.717) is 10.9 Å². The molecular weight excluding hydrogens is 287 g/mol. The van der Waals surface area contributed by atoms with E-state index in [-0.39, 0.29) is 0 Å². The summed E-state index contributed by atoms with van der Waals surface area (Å²) in [6.07, 6.45) is 2.25. The molecule has 0 fully saturated rings. The van der Waals surface area contributed by atoms with Crippen molar-refractivity contribution >= 4 is 27.5 Å². The molecule has 0 saturated carbocycles. The van der Waals surface area contributed by atoms with Crippen molar-refractivity contribution in [1.29, 1.82) is 0 Å². The van der Waals surface area contributed by atoms with Crippen LogP contribution in [-0.2, 0) is 0 Å². The zero-order valence-corrected chi connectivity index (χ0v) is 12.1. The lowest BCUT2D eigenvalue weighted by atomic mass is 10.1. The fraction of sp³-hybridized carbons (Fsp3) is 0.538. The van der Waals surface area contributed by atoms with Crippen LogP contribution >= 0.6 is 27.5 Å². The van der Waals surface area contributed by atoms with Crippen molar-refractivity contribution in [3.05, 3.63) is 28.8 Å². The van der Waals surface area contributed by atoms with E-state index in [4.69, 9.17) is 16.3 Å². The molecule has 0 amide bonds. The van der Waals surface area contributed by atoms with Crippen LogP contribution in [0, 0.1) is 12.8 Å². The van der Waals surface area contributed by atoms with Gasteiger partial charge in [-0.3, -0.25) is 0 Å². The Kier molecular flexibility index (Phi) is 6.22. The number of hydrogen-bond donors (Lipinski definition) is 0. The fourth-order valence-electron chi connectivity index (χ4n) is 1.42. The van der Waals surface area contributed by atoms with Crippen molar-refractivity contribution in [2.45, 2.75) is 26.7 Å². The Morgan fingerprint density at radius 2 is 2.12 bits per heavy atom. The Morgan fingerprint density at radius 3 is 2.81 bits per heavy atom. The molecule has 0 saturated heterocycles. The molecule has 1 aromatic carbocycles. The molecule has 3 heteroatoms. The molecule has 16 heavy (non-hydrogen) atoms. The zero-order valence-electron chi connectivity index (χ0n) is 9.80. The lowest BCUT2D eigenvalue weighted by Crippen LogP contribution is -2.05. The summed E-state index contributed by atoms with van der Waals surface area (Å²) in [5, 5.41) is 1.75. The normalized spacial score (nSPS) is 12.5. The highest BCUT2D eigenvalue weighted by Crippen LogP contribution is 2.25. The molecular formula is C13H18BrClO. The van der Waals surface area contributed by atoms with Crippen molar-refractivity contribution in [1.82, 2.24) is 0 Å². The fourth-order valence-corrected chi connectivity index (χ4v) is 2.38. The second-order valence-corrected chi connectivity index (χ2v) is 5.35. The van der Waals surface area contributed by atoms with Crippen LogP contribution in [0.5, 0.6) is 5.75 Å². The van der Waals surface area contributed by atoms with E-state index in [0.717, 1.165) is 24.1 Å². The smallest absolute Gasteiger partial charge is 0.138 e. The van der Waals surface area contributed by atoms with E-state index in [1.54, 1.807) is 0 Å².